The summed E-state index contributed by atoms with van der Waals surface area (Å²) in [7, 11) is 1.73. The number of likely N-dealkylation sites (N-methyl/N-ethyl adjacent to an activating group) is 1. The molecule has 2 rings (SSSR count). The van der Waals surface area contributed by atoms with E-state index in [0.29, 0.717) is 16.4 Å². The second-order valence-corrected chi connectivity index (χ2v) is 7.36. The van der Waals surface area contributed by atoms with E-state index in [0.717, 1.165) is 10.0 Å². The van der Waals surface area contributed by atoms with Gasteiger partial charge in [0.2, 0.25) is 11.8 Å². The molecule has 0 heterocycles. The highest BCUT2D eigenvalue weighted by molar-refractivity contribution is 9.10. The van der Waals surface area contributed by atoms with Gasteiger partial charge in [-0.2, -0.15) is 0 Å². The molecule has 26 heavy (non-hydrogen) atoms. The monoisotopic (exact) mass is 437 g/mol. The molecule has 0 saturated heterocycles. The van der Waals surface area contributed by atoms with E-state index in [1.165, 1.54) is 0 Å². The summed E-state index contributed by atoms with van der Waals surface area (Å²) in [6, 6.07) is 12.2. The zero-order valence-corrected chi connectivity index (χ0v) is 17.2. The molecule has 7 heteroatoms. The minimum Gasteiger partial charge on any atom is -0.324 e. The van der Waals surface area contributed by atoms with Crippen LogP contribution in [0.3, 0.4) is 0 Å². The maximum atomic E-state index is 12.5. The Kier molecular flexibility index (Phi) is 7.20. The Bertz CT molecular complexity index is 813. The predicted octanol–water partition coefficient (Wildman–Crippen LogP) is 4.31. The molecule has 2 aromatic rings. The van der Waals surface area contributed by atoms with Gasteiger partial charge in [-0.3, -0.25) is 14.5 Å². The number of nitrogens with zero attached hydrogens (tertiary/aromatic N) is 1. The van der Waals surface area contributed by atoms with Crippen molar-refractivity contribution in [3.63, 3.8) is 0 Å². The number of anilines is 2. The topological polar surface area (TPSA) is 61.4 Å². The SMILES string of the molecule is Cc1ccc(Cl)cc1NC(=O)C(C)N(C)CC(=O)Nc1ccccc1Br. The molecule has 0 aromatic heterocycles. The molecule has 5 nitrogen and oxygen atoms in total. The zero-order valence-electron chi connectivity index (χ0n) is 14.8. The van der Waals surface area contributed by atoms with Crippen molar-refractivity contribution in [2.75, 3.05) is 24.2 Å². The first kappa shape index (κ1) is 20.4. The summed E-state index contributed by atoms with van der Waals surface area (Å²) < 4.78 is 0.804. The summed E-state index contributed by atoms with van der Waals surface area (Å²) in [5, 5.41) is 6.24. The Morgan fingerprint density at radius 1 is 1.15 bits per heavy atom. The number of amides is 2. The maximum absolute atomic E-state index is 12.5. The lowest BCUT2D eigenvalue weighted by Crippen LogP contribution is -2.43. The lowest BCUT2D eigenvalue weighted by molar-refractivity contribution is -0.122. The Morgan fingerprint density at radius 3 is 2.54 bits per heavy atom. The zero-order chi connectivity index (χ0) is 19.3. The van der Waals surface area contributed by atoms with Crippen molar-refractivity contribution in [3.8, 4) is 0 Å². The van der Waals surface area contributed by atoms with Gasteiger partial charge in [-0.25, -0.2) is 0 Å². The lowest BCUT2D eigenvalue weighted by atomic mass is 10.2. The Morgan fingerprint density at radius 2 is 1.85 bits per heavy atom. The quantitative estimate of drug-likeness (QED) is 0.706. The van der Waals surface area contributed by atoms with Gasteiger partial charge in [-0.15, -0.1) is 0 Å². The van der Waals surface area contributed by atoms with Crippen LogP contribution in [0, 0.1) is 6.92 Å². The highest BCUT2D eigenvalue weighted by atomic mass is 79.9. The second kappa shape index (κ2) is 9.16. The average molecular weight is 439 g/mol. The molecular weight excluding hydrogens is 418 g/mol. The molecule has 2 N–H and O–H groups in total. The highest BCUT2D eigenvalue weighted by Crippen LogP contribution is 2.22. The standard InChI is InChI=1S/C19H21BrClN3O2/c1-12-8-9-14(21)10-17(12)23-19(26)13(2)24(3)11-18(25)22-16-7-5-4-6-15(16)20/h4-10,13H,11H2,1-3H3,(H,22,25)(H,23,26). The van der Waals surface area contributed by atoms with Crippen LogP contribution in [-0.4, -0.2) is 36.3 Å². The van der Waals surface area contributed by atoms with Gasteiger partial charge >= 0.3 is 0 Å². The smallest absolute Gasteiger partial charge is 0.241 e. The third-order valence-corrected chi connectivity index (χ3v) is 4.97. The van der Waals surface area contributed by atoms with Gasteiger partial charge in [0.1, 0.15) is 0 Å². The normalized spacial score (nSPS) is 11.9. The summed E-state index contributed by atoms with van der Waals surface area (Å²) in [6.07, 6.45) is 0. The lowest BCUT2D eigenvalue weighted by Gasteiger charge is -2.23. The van der Waals surface area contributed by atoms with Crippen LogP contribution in [0.1, 0.15) is 12.5 Å². The highest BCUT2D eigenvalue weighted by Gasteiger charge is 2.21. The minimum atomic E-state index is -0.488. The number of aryl methyl sites for hydroxylation is 1. The van der Waals surface area contributed by atoms with E-state index in [-0.39, 0.29) is 18.4 Å². The fourth-order valence-corrected chi connectivity index (χ4v) is 2.84. The number of carbonyl (C=O) groups excluding carboxylic acids is 2. The van der Waals surface area contributed by atoms with E-state index in [9.17, 15) is 9.59 Å². The van der Waals surface area contributed by atoms with Crippen molar-refractivity contribution in [3.05, 3.63) is 57.5 Å². The maximum Gasteiger partial charge on any atom is 0.241 e. The third-order valence-electron chi connectivity index (χ3n) is 4.04. The van der Waals surface area contributed by atoms with Crippen LogP contribution >= 0.6 is 27.5 Å². The van der Waals surface area contributed by atoms with Gasteiger partial charge in [-0.05, 0) is 66.7 Å². The van der Waals surface area contributed by atoms with E-state index >= 15 is 0 Å². The molecule has 138 valence electrons. The number of hydrogen-bond donors (Lipinski definition) is 2. The molecular formula is C19H21BrClN3O2. The average Bonchev–Trinajstić information content (AvgIpc) is 2.59. The summed E-state index contributed by atoms with van der Waals surface area (Å²) >= 11 is 9.37. The first-order valence-corrected chi connectivity index (χ1v) is 9.26. The number of rotatable bonds is 6. The molecule has 0 aliphatic heterocycles. The van der Waals surface area contributed by atoms with Crippen LogP contribution in [0.4, 0.5) is 11.4 Å². The van der Waals surface area contributed by atoms with Crippen molar-refractivity contribution in [2.24, 2.45) is 0 Å². The molecule has 0 radical (unpaired) electrons. The molecule has 0 aliphatic carbocycles. The van der Waals surface area contributed by atoms with Crippen LogP contribution in [0.5, 0.6) is 0 Å². The van der Waals surface area contributed by atoms with Crippen molar-refractivity contribution in [2.45, 2.75) is 19.9 Å². The summed E-state index contributed by atoms with van der Waals surface area (Å²) in [5.74, 6) is -0.399. The number of carbonyl (C=O) groups is 2. The largest absolute Gasteiger partial charge is 0.324 e. The Labute approximate surface area is 166 Å². The molecule has 0 aliphatic rings. The molecule has 2 aromatic carbocycles. The Balaban J connectivity index is 1.94. The predicted molar refractivity (Wildman–Crippen MR) is 110 cm³/mol. The van der Waals surface area contributed by atoms with Crippen LogP contribution < -0.4 is 10.6 Å². The number of para-hydroxylation sites is 1. The fourth-order valence-electron chi connectivity index (χ4n) is 2.28. The first-order chi connectivity index (χ1) is 12.3. The molecule has 1 atom stereocenters. The van der Waals surface area contributed by atoms with E-state index in [2.05, 4.69) is 26.6 Å². The molecule has 0 bridgehead atoms. The van der Waals surface area contributed by atoms with Crippen molar-refractivity contribution in [1.29, 1.82) is 0 Å². The van der Waals surface area contributed by atoms with Crippen molar-refractivity contribution >= 4 is 50.7 Å². The second-order valence-electron chi connectivity index (χ2n) is 6.07. The first-order valence-electron chi connectivity index (χ1n) is 8.09. The third kappa shape index (κ3) is 5.56. The summed E-state index contributed by atoms with van der Waals surface area (Å²) in [6.45, 7) is 3.73. The number of halogens is 2. The number of hydrogen-bond acceptors (Lipinski definition) is 3. The van der Waals surface area contributed by atoms with E-state index < -0.39 is 6.04 Å². The number of nitrogens with one attached hydrogen (secondary N) is 2. The molecule has 0 saturated carbocycles. The number of benzene rings is 2. The summed E-state index contributed by atoms with van der Waals surface area (Å²) in [4.78, 5) is 26.4. The van der Waals surface area contributed by atoms with Crippen molar-refractivity contribution < 1.29 is 9.59 Å². The van der Waals surface area contributed by atoms with Crippen LogP contribution in [0.25, 0.3) is 0 Å². The Hall–Kier alpha value is -1.89. The van der Waals surface area contributed by atoms with Crippen molar-refractivity contribution in [1.82, 2.24) is 4.90 Å². The van der Waals surface area contributed by atoms with Gasteiger partial charge in [0.25, 0.3) is 0 Å². The van der Waals surface area contributed by atoms with Gasteiger partial charge in [-0.1, -0.05) is 29.8 Å². The van der Waals surface area contributed by atoms with Crippen LogP contribution in [0.15, 0.2) is 46.9 Å². The fraction of sp³-hybridized carbons (Fsp3) is 0.263. The van der Waals surface area contributed by atoms with Gasteiger partial charge < -0.3 is 10.6 Å². The van der Waals surface area contributed by atoms with Crippen LogP contribution in [0.2, 0.25) is 5.02 Å². The van der Waals surface area contributed by atoms with Gasteiger partial charge in [0, 0.05) is 15.2 Å². The summed E-state index contributed by atoms with van der Waals surface area (Å²) in [5.41, 5.74) is 2.28. The molecule has 2 amide bonds. The minimum absolute atomic E-state index is 0.0877. The molecule has 0 fully saturated rings. The van der Waals surface area contributed by atoms with E-state index in [1.54, 1.807) is 37.1 Å². The van der Waals surface area contributed by atoms with Crippen LogP contribution in [-0.2, 0) is 9.59 Å². The van der Waals surface area contributed by atoms with Gasteiger partial charge in [0.15, 0.2) is 0 Å². The van der Waals surface area contributed by atoms with E-state index in [1.807, 2.05) is 31.2 Å². The molecule has 1 unspecified atom stereocenters. The molecule has 0 spiro atoms. The van der Waals surface area contributed by atoms with Gasteiger partial charge in [0.05, 0.1) is 18.3 Å². The van der Waals surface area contributed by atoms with E-state index in [4.69, 9.17) is 11.6 Å².